The first-order valence-corrected chi connectivity index (χ1v) is 12.8. The lowest BCUT2D eigenvalue weighted by Gasteiger charge is -2.23. The van der Waals surface area contributed by atoms with E-state index in [1.165, 1.54) is 47.6 Å². The minimum atomic E-state index is -4.08. The number of nitrogens with zero attached hydrogens (tertiary/aromatic N) is 2. The number of aliphatic hydroxyl groups excluding tert-OH is 1. The minimum Gasteiger partial charge on any atom is -0.478 e. The smallest absolute Gasteiger partial charge is 0.337 e. The molecule has 0 aliphatic carbocycles. The predicted octanol–water partition coefficient (Wildman–Crippen LogP) is 2.75. The molecule has 0 bridgehead atoms. The van der Waals surface area contributed by atoms with Gasteiger partial charge in [0, 0.05) is 25.6 Å². The first-order chi connectivity index (χ1) is 17.6. The number of hydrogen-bond donors (Lipinski definition) is 4. The lowest BCUT2D eigenvalue weighted by atomic mass is 10.1. The van der Waals surface area contributed by atoms with Gasteiger partial charge in [-0.05, 0) is 47.9 Å². The van der Waals surface area contributed by atoms with E-state index < -0.39 is 22.2 Å². The molecule has 1 unspecified atom stereocenters. The number of nitriles is 1. The Labute approximate surface area is 213 Å². The minimum absolute atomic E-state index is 0.0397. The molecule has 0 fully saturated rings. The fourth-order valence-electron chi connectivity index (χ4n) is 4.17. The van der Waals surface area contributed by atoms with Crippen molar-refractivity contribution in [2.45, 2.75) is 31.0 Å². The van der Waals surface area contributed by atoms with Crippen LogP contribution in [0.15, 0.2) is 65.6 Å². The van der Waals surface area contributed by atoms with Crippen LogP contribution in [0.2, 0.25) is 0 Å². The Morgan fingerprint density at radius 2 is 1.89 bits per heavy atom. The van der Waals surface area contributed by atoms with Gasteiger partial charge in [-0.15, -0.1) is 0 Å². The van der Waals surface area contributed by atoms with Crippen molar-refractivity contribution in [3.05, 3.63) is 88.5 Å². The number of carboxylic acids is 1. The number of aromatic carboxylic acids is 1. The number of aliphatic hydroxyl groups is 1. The van der Waals surface area contributed by atoms with Crippen molar-refractivity contribution >= 4 is 33.3 Å². The van der Waals surface area contributed by atoms with E-state index in [0.29, 0.717) is 17.7 Å². The van der Waals surface area contributed by atoms with E-state index >= 15 is 0 Å². The predicted molar refractivity (Wildman–Crippen MR) is 135 cm³/mol. The molecular weight excluding hydrogens is 496 g/mol. The molecule has 0 spiro atoms. The summed E-state index contributed by atoms with van der Waals surface area (Å²) in [6.45, 7) is 1.53. The molecule has 37 heavy (non-hydrogen) atoms. The maximum Gasteiger partial charge on any atom is 0.337 e. The summed E-state index contributed by atoms with van der Waals surface area (Å²) in [5, 5.41) is 34.7. The third kappa shape index (κ3) is 5.25. The molecule has 4 rings (SSSR count). The van der Waals surface area contributed by atoms with Gasteiger partial charge in [-0.3, -0.25) is 9.10 Å². The van der Waals surface area contributed by atoms with Gasteiger partial charge in [0.05, 0.1) is 33.5 Å². The normalized spacial score (nSPS) is 13.4. The largest absolute Gasteiger partial charge is 0.478 e. The number of amides is 1. The first kappa shape index (κ1) is 25.7. The number of hydrogen-bond acceptors (Lipinski definition) is 7. The zero-order valence-corrected chi connectivity index (χ0v) is 20.6. The topological polar surface area (TPSA) is 160 Å². The molecule has 0 saturated carbocycles. The van der Waals surface area contributed by atoms with Crippen molar-refractivity contribution in [2.75, 3.05) is 16.2 Å². The van der Waals surface area contributed by atoms with E-state index in [1.54, 1.807) is 12.1 Å². The maximum atomic E-state index is 13.8. The van der Waals surface area contributed by atoms with Gasteiger partial charge >= 0.3 is 5.97 Å². The number of fused-ring (bicyclic) bond motifs is 1. The summed E-state index contributed by atoms with van der Waals surface area (Å²) in [5.41, 5.74) is 1.94. The highest BCUT2D eigenvalue weighted by atomic mass is 32.2. The van der Waals surface area contributed by atoms with Crippen LogP contribution < -0.4 is 14.9 Å². The van der Waals surface area contributed by atoms with Crippen molar-refractivity contribution in [1.29, 1.82) is 5.26 Å². The van der Waals surface area contributed by atoms with Gasteiger partial charge in [0.25, 0.3) is 10.0 Å². The van der Waals surface area contributed by atoms with Gasteiger partial charge in [-0.2, -0.15) is 5.26 Å². The number of carbonyl (C=O) groups is 2. The second-order valence-corrected chi connectivity index (χ2v) is 10.3. The molecule has 1 aliphatic rings. The van der Waals surface area contributed by atoms with Gasteiger partial charge in [-0.1, -0.05) is 30.3 Å². The molecule has 1 aliphatic heterocycles. The Morgan fingerprint density at radius 1 is 1.14 bits per heavy atom. The monoisotopic (exact) mass is 520 g/mol. The van der Waals surface area contributed by atoms with Crippen LogP contribution in [-0.2, 0) is 27.8 Å². The van der Waals surface area contributed by atoms with Gasteiger partial charge in [0.15, 0.2) is 6.23 Å². The van der Waals surface area contributed by atoms with Gasteiger partial charge < -0.3 is 20.8 Å². The summed E-state index contributed by atoms with van der Waals surface area (Å²) in [7, 11) is -4.08. The van der Waals surface area contributed by atoms with E-state index in [9.17, 15) is 28.2 Å². The fourth-order valence-corrected chi connectivity index (χ4v) is 5.93. The number of nitrogens with one attached hydrogen (secondary N) is 2. The number of para-hydroxylation sites is 1. The molecule has 190 valence electrons. The quantitative estimate of drug-likeness (QED) is 0.330. The lowest BCUT2D eigenvalue weighted by molar-refractivity contribution is -0.119. The van der Waals surface area contributed by atoms with Crippen molar-refractivity contribution in [1.82, 2.24) is 5.32 Å². The van der Waals surface area contributed by atoms with E-state index in [2.05, 4.69) is 10.6 Å². The van der Waals surface area contributed by atoms with Crippen molar-refractivity contribution in [3.63, 3.8) is 0 Å². The summed E-state index contributed by atoms with van der Waals surface area (Å²) in [4.78, 5) is 23.1. The molecular formula is C26H24N4O6S. The summed E-state index contributed by atoms with van der Waals surface area (Å²) >= 11 is 0. The van der Waals surface area contributed by atoms with Crippen LogP contribution in [0.25, 0.3) is 0 Å². The highest BCUT2D eigenvalue weighted by Gasteiger charge is 2.33. The first-order valence-electron chi connectivity index (χ1n) is 11.3. The average Bonchev–Trinajstić information content (AvgIpc) is 3.32. The van der Waals surface area contributed by atoms with Crippen LogP contribution in [0, 0.1) is 11.3 Å². The maximum absolute atomic E-state index is 13.8. The number of sulfonamides is 1. The molecule has 11 heteroatoms. The molecule has 4 N–H and O–H groups in total. The van der Waals surface area contributed by atoms with Gasteiger partial charge in [0.1, 0.15) is 0 Å². The summed E-state index contributed by atoms with van der Waals surface area (Å²) < 4.78 is 28.9. The third-order valence-electron chi connectivity index (χ3n) is 6.02. The Bertz CT molecular complexity index is 1530. The van der Waals surface area contributed by atoms with Crippen LogP contribution in [0.4, 0.5) is 11.4 Å². The number of benzene rings is 3. The second kappa shape index (κ2) is 10.3. The molecule has 1 atom stereocenters. The number of carbonyl (C=O) groups excluding carboxylic acids is 1. The Balaban J connectivity index is 1.73. The van der Waals surface area contributed by atoms with Crippen LogP contribution in [0.5, 0.6) is 0 Å². The molecule has 1 heterocycles. The lowest BCUT2D eigenvalue weighted by Crippen LogP contribution is -2.31. The summed E-state index contributed by atoms with van der Waals surface area (Å²) in [6, 6.07) is 17.3. The third-order valence-corrected chi connectivity index (χ3v) is 7.91. The van der Waals surface area contributed by atoms with E-state index in [4.69, 9.17) is 5.26 Å². The molecule has 3 aromatic carbocycles. The van der Waals surface area contributed by atoms with E-state index in [1.807, 2.05) is 18.2 Å². The molecule has 1 amide bonds. The summed E-state index contributed by atoms with van der Waals surface area (Å²) in [5.74, 6) is -1.63. The van der Waals surface area contributed by atoms with Crippen LogP contribution in [0.3, 0.4) is 0 Å². The van der Waals surface area contributed by atoms with Gasteiger partial charge in [0.2, 0.25) is 5.91 Å². The molecule has 0 saturated heterocycles. The number of anilines is 2. The average molecular weight is 521 g/mol. The second-order valence-electron chi connectivity index (χ2n) is 8.46. The molecule has 0 aromatic heterocycles. The summed E-state index contributed by atoms with van der Waals surface area (Å²) in [6.07, 6.45) is -0.919. The van der Waals surface area contributed by atoms with Crippen molar-refractivity contribution in [2.24, 2.45) is 0 Å². The van der Waals surface area contributed by atoms with Crippen LogP contribution >= 0.6 is 0 Å². The van der Waals surface area contributed by atoms with E-state index in [-0.39, 0.29) is 46.3 Å². The highest BCUT2D eigenvalue weighted by molar-refractivity contribution is 7.93. The Morgan fingerprint density at radius 3 is 2.59 bits per heavy atom. The fraction of sp³-hybridized carbons (Fsp3) is 0.192. The van der Waals surface area contributed by atoms with Crippen molar-refractivity contribution < 1.29 is 28.2 Å². The SMILES string of the molecule is CC(=O)NCc1ccc(C(O)Nc2ccc(C#N)cc2C(=O)O)cc1S(=O)(=O)N1CCc2ccccc21. The number of carboxylic acid groups (broad SMARTS) is 1. The highest BCUT2D eigenvalue weighted by Crippen LogP contribution is 2.35. The van der Waals surface area contributed by atoms with E-state index in [0.717, 1.165) is 5.56 Å². The number of rotatable bonds is 8. The standard InChI is InChI=1S/C26H24N4O6S/c1-16(31)28-15-20-8-7-19(25(32)29-22-9-6-17(14-27)12-21(22)26(33)34)13-24(20)37(35,36)30-11-10-18-4-2-3-5-23(18)30/h2-9,12-13,25,29,32H,10-11,15H2,1H3,(H,28,31)(H,33,34). The van der Waals surface area contributed by atoms with Crippen molar-refractivity contribution in [3.8, 4) is 6.07 Å². The Hall–Kier alpha value is -4.40. The van der Waals surface area contributed by atoms with Crippen LogP contribution in [-0.4, -0.2) is 37.1 Å². The molecule has 3 aromatic rings. The zero-order chi connectivity index (χ0) is 26.7. The van der Waals surface area contributed by atoms with Gasteiger partial charge in [-0.25, -0.2) is 13.2 Å². The molecule has 0 radical (unpaired) electrons. The molecule has 10 nitrogen and oxygen atoms in total. The van der Waals surface area contributed by atoms with Crippen LogP contribution in [0.1, 0.15) is 45.8 Å². The Kier molecular flexibility index (Phi) is 7.15. The zero-order valence-electron chi connectivity index (χ0n) is 19.8.